The predicted molar refractivity (Wildman–Crippen MR) is 116 cm³/mol. The van der Waals surface area contributed by atoms with Crippen molar-refractivity contribution in [1.82, 2.24) is 9.55 Å². The van der Waals surface area contributed by atoms with Gasteiger partial charge in [0.25, 0.3) is 5.91 Å². The highest BCUT2D eigenvalue weighted by molar-refractivity contribution is 7.99. The molecule has 1 amide bonds. The van der Waals surface area contributed by atoms with Crippen LogP contribution in [0.15, 0.2) is 53.7 Å². The lowest BCUT2D eigenvalue weighted by Gasteiger charge is -2.18. The molecule has 0 saturated carbocycles. The quantitative estimate of drug-likeness (QED) is 0.499. The normalized spacial score (nSPS) is 15.0. The van der Waals surface area contributed by atoms with E-state index in [9.17, 15) is 9.59 Å². The van der Waals surface area contributed by atoms with E-state index in [0.717, 1.165) is 42.2 Å². The Balaban J connectivity index is 1.39. The van der Waals surface area contributed by atoms with E-state index in [2.05, 4.69) is 22.0 Å². The Bertz CT molecular complexity index is 1120. The Labute approximate surface area is 178 Å². The number of benzene rings is 2. The third-order valence-corrected chi connectivity index (χ3v) is 6.32. The number of anilines is 1. The largest absolute Gasteiger partial charge is 0.482 e. The lowest BCUT2D eigenvalue weighted by atomic mass is 10.0. The van der Waals surface area contributed by atoms with E-state index >= 15 is 0 Å². The number of imidazole rings is 1. The van der Waals surface area contributed by atoms with Crippen molar-refractivity contribution in [2.24, 2.45) is 0 Å². The van der Waals surface area contributed by atoms with Crippen LogP contribution in [0.4, 0.5) is 5.69 Å². The molecule has 2 aromatic carbocycles. The molecule has 0 fully saturated rings. The Morgan fingerprint density at radius 3 is 2.83 bits per heavy atom. The number of amides is 1. The summed E-state index contributed by atoms with van der Waals surface area (Å²) < 4.78 is 7.57. The first-order valence-corrected chi connectivity index (χ1v) is 11.1. The average Bonchev–Trinajstić information content (AvgIpc) is 3.16. The SMILES string of the molecule is O=C1COc2ccc(C(=O)CSc3nc4c(n3-c3ccccc3)CCCC4)cc2N1. The topological polar surface area (TPSA) is 73.2 Å². The second-order valence-electron chi connectivity index (χ2n) is 7.43. The second kappa shape index (κ2) is 7.99. The van der Waals surface area contributed by atoms with Gasteiger partial charge in [0.1, 0.15) is 5.75 Å². The molecule has 6 nitrogen and oxygen atoms in total. The van der Waals surface area contributed by atoms with Crippen LogP contribution in [-0.2, 0) is 17.6 Å². The highest BCUT2D eigenvalue weighted by Crippen LogP contribution is 2.32. The Morgan fingerprint density at radius 2 is 1.97 bits per heavy atom. The average molecular weight is 420 g/mol. The highest BCUT2D eigenvalue weighted by Gasteiger charge is 2.23. The van der Waals surface area contributed by atoms with Crippen molar-refractivity contribution < 1.29 is 14.3 Å². The maximum Gasteiger partial charge on any atom is 0.262 e. The van der Waals surface area contributed by atoms with E-state index in [1.54, 1.807) is 18.2 Å². The van der Waals surface area contributed by atoms with Crippen molar-refractivity contribution in [2.45, 2.75) is 30.8 Å². The van der Waals surface area contributed by atoms with Crippen LogP contribution in [0.5, 0.6) is 5.75 Å². The Morgan fingerprint density at radius 1 is 1.13 bits per heavy atom. The van der Waals surface area contributed by atoms with Gasteiger partial charge in [-0.25, -0.2) is 4.98 Å². The number of carbonyl (C=O) groups excluding carboxylic acids is 2. The third-order valence-electron chi connectivity index (χ3n) is 5.38. The summed E-state index contributed by atoms with van der Waals surface area (Å²) in [6.07, 6.45) is 4.32. The van der Waals surface area contributed by atoms with Crippen LogP contribution < -0.4 is 10.1 Å². The van der Waals surface area contributed by atoms with Gasteiger partial charge >= 0.3 is 0 Å². The summed E-state index contributed by atoms with van der Waals surface area (Å²) in [6, 6.07) is 15.4. The molecular formula is C23H21N3O3S. The zero-order chi connectivity index (χ0) is 20.5. The fraction of sp³-hybridized carbons (Fsp3) is 0.261. The van der Waals surface area contributed by atoms with Gasteiger partial charge in [-0.05, 0) is 56.0 Å². The first-order chi connectivity index (χ1) is 14.7. The molecule has 1 aliphatic heterocycles. The maximum absolute atomic E-state index is 12.9. The number of aryl methyl sites for hydroxylation is 1. The van der Waals surface area contributed by atoms with Crippen molar-refractivity contribution in [2.75, 3.05) is 17.7 Å². The van der Waals surface area contributed by atoms with Gasteiger partial charge in [0.05, 0.1) is 17.1 Å². The number of thioether (sulfide) groups is 1. The van der Waals surface area contributed by atoms with Gasteiger partial charge in [-0.1, -0.05) is 30.0 Å². The number of rotatable bonds is 5. The van der Waals surface area contributed by atoms with Gasteiger partial charge < -0.3 is 10.1 Å². The van der Waals surface area contributed by atoms with Crippen LogP contribution in [-0.4, -0.2) is 33.6 Å². The van der Waals surface area contributed by atoms with Gasteiger partial charge in [-0.2, -0.15) is 0 Å². The molecule has 0 spiro atoms. The van der Waals surface area contributed by atoms with Crippen LogP contribution >= 0.6 is 11.8 Å². The van der Waals surface area contributed by atoms with Crippen molar-refractivity contribution in [3.8, 4) is 11.4 Å². The molecule has 0 bridgehead atoms. The van der Waals surface area contributed by atoms with Crippen molar-refractivity contribution >= 4 is 29.1 Å². The second-order valence-corrected chi connectivity index (χ2v) is 8.37. The van der Waals surface area contributed by atoms with E-state index in [0.29, 0.717) is 17.0 Å². The van der Waals surface area contributed by atoms with E-state index in [4.69, 9.17) is 9.72 Å². The molecule has 2 aliphatic rings. The van der Waals surface area contributed by atoms with Crippen molar-refractivity contribution in [3.05, 3.63) is 65.5 Å². The number of hydrogen-bond donors (Lipinski definition) is 1. The van der Waals surface area contributed by atoms with E-state index < -0.39 is 0 Å². The Hall–Kier alpha value is -3.06. The van der Waals surface area contributed by atoms with Gasteiger partial charge in [-0.3, -0.25) is 14.2 Å². The molecule has 5 rings (SSSR count). The zero-order valence-corrected chi connectivity index (χ0v) is 17.2. The maximum atomic E-state index is 12.9. The van der Waals surface area contributed by atoms with E-state index in [-0.39, 0.29) is 24.1 Å². The number of Topliss-reactive ketones (excluding diaryl/α,β-unsaturated/α-hetero) is 1. The molecule has 0 saturated heterocycles. The molecule has 7 heteroatoms. The molecule has 1 aliphatic carbocycles. The number of carbonyl (C=O) groups is 2. The summed E-state index contributed by atoms with van der Waals surface area (Å²) in [5.74, 6) is 0.641. The standard InChI is InChI=1S/C23H21N3O3S/c27-20(15-10-11-21-18(12-15)24-22(28)13-29-21)14-30-23-25-17-8-4-5-9-19(17)26(23)16-6-2-1-3-7-16/h1-3,6-7,10-12H,4-5,8-9,13-14H2,(H,24,28). The first kappa shape index (κ1) is 18.9. The van der Waals surface area contributed by atoms with Gasteiger partial charge in [-0.15, -0.1) is 0 Å². The monoisotopic (exact) mass is 419 g/mol. The number of fused-ring (bicyclic) bond motifs is 2. The summed E-state index contributed by atoms with van der Waals surface area (Å²) in [5, 5.41) is 3.61. The summed E-state index contributed by atoms with van der Waals surface area (Å²) >= 11 is 1.46. The molecule has 0 radical (unpaired) electrons. The Kier molecular flexibility index (Phi) is 5.04. The number of nitrogens with zero attached hydrogens (tertiary/aromatic N) is 2. The van der Waals surface area contributed by atoms with Crippen molar-refractivity contribution in [1.29, 1.82) is 0 Å². The summed E-state index contributed by atoms with van der Waals surface area (Å²) in [4.78, 5) is 29.3. The van der Waals surface area contributed by atoms with Crippen LogP contribution in [0.3, 0.4) is 0 Å². The molecule has 2 heterocycles. The molecule has 0 unspecified atom stereocenters. The molecule has 152 valence electrons. The molecular weight excluding hydrogens is 398 g/mol. The minimum Gasteiger partial charge on any atom is -0.482 e. The zero-order valence-electron chi connectivity index (χ0n) is 16.4. The predicted octanol–water partition coefficient (Wildman–Crippen LogP) is 4.06. The summed E-state index contributed by atoms with van der Waals surface area (Å²) in [6.45, 7) is 0.00293. The first-order valence-electron chi connectivity index (χ1n) is 10.1. The van der Waals surface area contributed by atoms with E-state index in [1.807, 2.05) is 18.2 Å². The number of ether oxygens (including phenoxy) is 1. The number of para-hydroxylation sites is 1. The minimum absolute atomic E-state index is 0.00293. The third kappa shape index (κ3) is 3.61. The molecule has 1 aromatic heterocycles. The number of ketones is 1. The van der Waals surface area contributed by atoms with E-state index in [1.165, 1.54) is 17.5 Å². The lowest BCUT2D eigenvalue weighted by molar-refractivity contribution is -0.118. The van der Waals surface area contributed by atoms with Gasteiger partial charge in [0.2, 0.25) is 0 Å². The summed E-state index contributed by atoms with van der Waals surface area (Å²) in [7, 11) is 0. The van der Waals surface area contributed by atoms with Crippen LogP contribution in [0, 0.1) is 0 Å². The van der Waals surface area contributed by atoms with Gasteiger partial charge in [0, 0.05) is 16.9 Å². The molecule has 30 heavy (non-hydrogen) atoms. The lowest BCUT2D eigenvalue weighted by Crippen LogP contribution is -2.25. The minimum atomic E-state index is -0.211. The molecule has 1 N–H and O–H groups in total. The fourth-order valence-corrected chi connectivity index (χ4v) is 4.87. The van der Waals surface area contributed by atoms with Crippen LogP contribution in [0.25, 0.3) is 5.69 Å². The number of hydrogen-bond acceptors (Lipinski definition) is 5. The van der Waals surface area contributed by atoms with Gasteiger partial charge in [0.15, 0.2) is 17.5 Å². The molecule has 0 atom stereocenters. The number of aromatic nitrogens is 2. The molecule has 3 aromatic rings. The summed E-state index contributed by atoms with van der Waals surface area (Å²) in [5.41, 5.74) is 4.58. The fourth-order valence-electron chi connectivity index (χ4n) is 3.93. The number of nitrogens with one attached hydrogen (secondary N) is 1. The smallest absolute Gasteiger partial charge is 0.262 e. The van der Waals surface area contributed by atoms with Crippen LogP contribution in [0.2, 0.25) is 0 Å². The highest BCUT2D eigenvalue weighted by atomic mass is 32.2. The van der Waals surface area contributed by atoms with Crippen molar-refractivity contribution in [3.63, 3.8) is 0 Å². The van der Waals surface area contributed by atoms with Crippen LogP contribution in [0.1, 0.15) is 34.6 Å².